The molecule has 164 valence electrons. The van der Waals surface area contributed by atoms with Crippen LogP contribution in [0.2, 0.25) is 0 Å². The van der Waals surface area contributed by atoms with Crippen LogP contribution in [-0.4, -0.2) is 0 Å². The monoisotopic (exact) mass is 452 g/mol. The highest BCUT2D eigenvalue weighted by Crippen LogP contribution is 2.49. The summed E-state index contributed by atoms with van der Waals surface area (Å²) in [6.07, 6.45) is 0.399. The third-order valence-electron chi connectivity index (χ3n) is 5.35. The van der Waals surface area contributed by atoms with E-state index in [9.17, 15) is 22.0 Å². The fourth-order valence-corrected chi connectivity index (χ4v) is 4.84. The van der Waals surface area contributed by atoms with Crippen LogP contribution in [0.15, 0.2) is 48.5 Å². The van der Waals surface area contributed by atoms with Gasteiger partial charge in [-0.2, -0.15) is 0 Å². The van der Waals surface area contributed by atoms with Crippen LogP contribution in [0.1, 0.15) is 37.0 Å². The van der Waals surface area contributed by atoms with Crippen molar-refractivity contribution in [2.45, 2.75) is 39.0 Å². The van der Waals surface area contributed by atoms with Crippen LogP contribution in [0.4, 0.5) is 22.0 Å². The molecule has 3 aromatic carbocycles. The molecule has 2 atom stereocenters. The minimum atomic E-state index is -2.15. The molecular weight excluding hydrogens is 430 g/mol. The molecule has 0 saturated heterocycles. The zero-order valence-electron chi connectivity index (χ0n) is 17.3. The highest BCUT2D eigenvalue weighted by Gasteiger charge is 2.34. The summed E-state index contributed by atoms with van der Waals surface area (Å²) in [5, 5.41) is -1.70. The number of benzene rings is 3. The lowest BCUT2D eigenvalue weighted by Gasteiger charge is -2.32. The standard InChI is InChI=1S/C24H22F5OP/c1-4-24(3,31-23-20(28)18(26)17(25)19(27)21(23)29)16-12-8-9-14(2)22(16)30-13-15-10-6-5-7-11-15/h5-12,31H,4,13H2,1-3H3. The Kier molecular flexibility index (Phi) is 7.00. The fraction of sp³-hybridized carbons (Fsp3) is 0.250. The smallest absolute Gasteiger partial charge is 0.200 e. The highest BCUT2D eigenvalue weighted by molar-refractivity contribution is 7.48. The summed E-state index contributed by atoms with van der Waals surface area (Å²) < 4.78 is 75.8. The van der Waals surface area contributed by atoms with Crippen LogP contribution in [-0.2, 0) is 11.8 Å². The number of para-hydroxylation sites is 1. The Morgan fingerprint density at radius 1 is 0.806 bits per heavy atom. The van der Waals surface area contributed by atoms with Gasteiger partial charge in [-0.25, -0.2) is 22.0 Å². The average molecular weight is 452 g/mol. The van der Waals surface area contributed by atoms with E-state index in [1.165, 1.54) is 0 Å². The Hall–Kier alpha value is -2.46. The van der Waals surface area contributed by atoms with Crippen LogP contribution in [0.5, 0.6) is 5.75 Å². The SMILES string of the molecule is CCC(C)(Pc1c(F)c(F)c(F)c(F)c1F)c1cccc(C)c1OCc1ccccc1. The quantitative estimate of drug-likeness (QED) is 0.164. The summed E-state index contributed by atoms with van der Waals surface area (Å²) in [5.41, 5.74) is 2.42. The van der Waals surface area contributed by atoms with Crippen LogP contribution in [0.25, 0.3) is 0 Å². The molecule has 0 aromatic heterocycles. The van der Waals surface area contributed by atoms with Crippen LogP contribution in [0, 0.1) is 36.0 Å². The molecule has 0 aliphatic heterocycles. The summed E-state index contributed by atoms with van der Waals surface area (Å²) in [5.74, 6) is -9.02. The van der Waals surface area contributed by atoms with Gasteiger partial charge in [0.25, 0.3) is 0 Å². The largest absolute Gasteiger partial charge is 0.488 e. The van der Waals surface area contributed by atoms with E-state index in [1.807, 2.05) is 50.2 Å². The molecule has 0 bridgehead atoms. The van der Waals surface area contributed by atoms with Crippen molar-refractivity contribution in [3.8, 4) is 5.75 Å². The number of hydrogen-bond acceptors (Lipinski definition) is 1. The van der Waals surface area contributed by atoms with Crippen molar-refractivity contribution >= 4 is 13.9 Å². The van der Waals surface area contributed by atoms with E-state index in [-0.39, 0.29) is 6.61 Å². The van der Waals surface area contributed by atoms with Gasteiger partial charge in [-0.15, -0.1) is 0 Å². The molecule has 3 rings (SSSR count). The molecule has 0 spiro atoms. The average Bonchev–Trinajstić information content (AvgIpc) is 2.79. The second kappa shape index (κ2) is 9.35. The Morgan fingerprint density at radius 3 is 1.97 bits per heavy atom. The van der Waals surface area contributed by atoms with Gasteiger partial charge in [-0.3, -0.25) is 0 Å². The molecule has 31 heavy (non-hydrogen) atoms. The fourth-order valence-electron chi connectivity index (χ4n) is 3.35. The van der Waals surface area contributed by atoms with Gasteiger partial charge in [0.15, 0.2) is 23.3 Å². The predicted molar refractivity (Wildman–Crippen MR) is 114 cm³/mol. The summed E-state index contributed by atoms with van der Waals surface area (Å²) in [6.45, 7) is 5.68. The van der Waals surface area contributed by atoms with Crippen molar-refractivity contribution in [2.24, 2.45) is 0 Å². The second-order valence-electron chi connectivity index (χ2n) is 7.48. The molecule has 3 aromatic rings. The third kappa shape index (κ3) is 4.59. The van der Waals surface area contributed by atoms with Gasteiger partial charge in [0.05, 0.1) is 5.30 Å². The van der Waals surface area contributed by atoms with E-state index in [4.69, 9.17) is 4.74 Å². The lowest BCUT2D eigenvalue weighted by molar-refractivity contribution is 0.297. The number of hydrogen-bond donors (Lipinski definition) is 0. The molecule has 0 fully saturated rings. The number of halogens is 5. The summed E-state index contributed by atoms with van der Waals surface area (Å²) >= 11 is 0. The van der Waals surface area contributed by atoms with Crippen molar-refractivity contribution in [1.29, 1.82) is 0 Å². The molecule has 0 radical (unpaired) electrons. The number of aryl methyl sites for hydroxylation is 1. The van der Waals surface area contributed by atoms with Gasteiger partial charge in [-0.1, -0.05) is 71.0 Å². The molecule has 0 N–H and O–H groups in total. The van der Waals surface area contributed by atoms with Crippen LogP contribution in [0.3, 0.4) is 0 Å². The molecule has 0 aliphatic rings. The topological polar surface area (TPSA) is 9.23 Å². The van der Waals surface area contributed by atoms with Crippen molar-refractivity contribution < 1.29 is 26.7 Å². The third-order valence-corrected chi connectivity index (χ3v) is 7.21. The van der Waals surface area contributed by atoms with Gasteiger partial charge in [0, 0.05) is 10.7 Å². The first-order valence-electron chi connectivity index (χ1n) is 9.76. The molecule has 0 heterocycles. The molecule has 2 unspecified atom stereocenters. The van der Waals surface area contributed by atoms with Crippen molar-refractivity contribution in [3.63, 3.8) is 0 Å². The maximum absolute atomic E-state index is 14.4. The van der Waals surface area contributed by atoms with Crippen molar-refractivity contribution in [3.05, 3.63) is 94.3 Å². The lowest BCUT2D eigenvalue weighted by atomic mass is 9.94. The Morgan fingerprint density at radius 2 is 1.39 bits per heavy atom. The molecule has 7 heteroatoms. The van der Waals surface area contributed by atoms with E-state index in [0.717, 1.165) is 11.1 Å². The molecule has 0 saturated carbocycles. The van der Waals surface area contributed by atoms with Crippen LogP contribution >= 0.6 is 8.58 Å². The van der Waals surface area contributed by atoms with Crippen molar-refractivity contribution in [1.82, 2.24) is 0 Å². The van der Waals surface area contributed by atoms with E-state index < -0.39 is 48.1 Å². The lowest BCUT2D eigenvalue weighted by Crippen LogP contribution is -2.25. The molecular formula is C24H22F5OP. The van der Waals surface area contributed by atoms with Gasteiger partial charge in [0.1, 0.15) is 12.4 Å². The molecule has 0 aliphatic carbocycles. The van der Waals surface area contributed by atoms with Gasteiger partial charge in [-0.05, 0) is 24.5 Å². The first-order valence-corrected chi connectivity index (χ1v) is 10.8. The number of ether oxygens (including phenoxy) is 1. The van der Waals surface area contributed by atoms with Crippen LogP contribution < -0.4 is 10.0 Å². The summed E-state index contributed by atoms with van der Waals surface area (Å²) in [6, 6.07) is 14.9. The predicted octanol–water partition coefficient (Wildman–Crippen LogP) is 6.90. The van der Waals surface area contributed by atoms with Gasteiger partial charge < -0.3 is 4.74 Å². The zero-order valence-corrected chi connectivity index (χ0v) is 18.3. The first kappa shape index (κ1) is 23.2. The molecule has 1 nitrogen and oxygen atoms in total. The minimum absolute atomic E-state index is 0.282. The Labute approximate surface area is 180 Å². The maximum atomic E-state index is 14.4. The van der Waals surface area contributed by atoms with Gasteiger partial charge in [0.2, 0.25) is 5.82 Å². The molecule has 0 amide bonds. The first-order chi connectivity index (χ1) is 14.7. The normalized spacial score (nSPS) is 13.5. The van der Waals surface area contributed by atoms with E-state index in [1.54, 1.807) is 19.1 Å². The maximum Gasteiger partial charge on any atom is 0.200 e. The summed E-state index contributed by atoms with van der Waals surface area (Å²) in [7, 11) is -0.700. The Balaban J connectivity index is 2.03. The van der Waals surface area contributed by atoms with Crippen molar-refractivity contribution in [2.75, 3.05) is 0 Å². The highest BCUT2D eigenvalue weighted by atomic mass is 31.1. The zero-order chi connectivity index (χ0) is 22.8. The second-order valence-corrected chi connectivity index (χ2v) is 9.33. The Bertz CT molecular complexity index is 1060. The number of rotatable bonds is 7. The van der Waals surface area contributed by atoms with E-state index >= 15 is 0 Å². The van der Waals surface area contributed by atoms with E-state index in [2.05, 4.69) is 0 Å². The summed E-state index contributed by atoms with van der Waals surface area (Å²) in [4.78, 5) is 0. The van der Waals surface area contributed by atoms with E-state index in [0.29, 0.717) is 17.7 Å². The van der Waals surface area contributed by atoms with Gasteiger partial charge >= 0.3 is 0 Å². The minimum Gasteiger partial charge on any atom is -0.488 e.